The SMILES string of the molecule is CC(C)(C)N(C(=O)O)[C@H]1CC[C@@H](O[Si](c2ccccc2)(c2ccccc2)C(C)(C)C)C[C@@H]1F. The maximum atomic E-state index is 15.5. The molecule has 0 spiro atoms. The summed E-state index contributed by atoms with van der Waals surface area (Å²) in [7, 11) is -2.77. The summed E-state index contributed by atoms with van der Waals surface area (Å²) in [6.45, 7) is 12.1. The van der Waals surface area contributed by atoms with Crippen LogP contribution in [-0.4, -0.2) is 48.3 Å². The Morgan fingerprint density at radius 2 is 1.42 bits per heavy atom. The Balaban J connectivity index is 1.97. The number of halogens is 1. The molecule has 1 amide bonds. The first-order chi connectivity index (χ1) is 15.4. The second-order valence-corrected chi connectivity index (χ2v) is 15.4. The standard InChI is InChI=1S/C27H38FNO3Si/c1-26(2,3)29(25(30)31)24-18-17-20(19-23(24)28)32-33(27(4,5)6,21-13-9-7-10-14-21)22-15-11-8-12-16-22/h7-16,20,23-24H,17-19H2,1-6H3,(H,30,31)/t20-,23+,24+/m1/s1. The highest BCUT2D eigenvalue weighted by molar-refractivity contribution is 6.99. The normalized spacial score (nSPS) is 22.1. The van der Waals surface area contributed by atoms with Gasteiger partial charge in [-0.25, -0.2) is 9.18 Å². The molecule has 2 aromatic rings. The van der Waals surface area contributed by atoms with Crippen LogP contribution in [0.15, 0.2) is 60.7 Å². The summed E-state index contributed by atoms with van der Waals surface area (Å²) in [6, 6.07) is 20.1. The molecule has 1 fully saturated rings. The monoisotopic (exact) mass is 471 g/mol. The van der Waals surface area contributed by atoms with Crippen LogP contribution in [0.3, 0.4) is 0 Å². The number of hydrogen-bond acceptors (Lipinski definition) is 2. The highest BCUT2D eigenvalue weighted by Crippen LogP contribution is 2.40. The number of rotatable bonds is 5. The first kappa shape index (κ1) is 25.4. The van der Waals surface area contributed by atoms with Crippen LogP contribution in [0.25, 0.3) is 0 Å². The van der Waals surface area contributed by atoms with Crippen molar-refractivity contribution in [2.24, 2.45) is 0 Å². The molecule has 2 aromatic carbocycles. The molecule has 1 N–H and O–H groups in total. The van der Waals surface area contributed by atoms with E-state index in [1.165, 1.54) is 15.3 Å². The van der Waals surface area contributed by atoms with Crippen LogP contribution >= 0.6 is 0 Å². The number of benzene rings is 2. The molecule has 0 radical (unpaired) electrons. The molecule has 6 heteroatoms. The van der Waals surface area contributed by atoms with Crippen molar-refractivity contribution in [1.82, 2.24) is 4.90 Å². The van der Waals surface area contributed by atoms with Gasteiger partial charge in [-0.05, 0) is 49.0 Å². The van der Waals surface area contributed by atoms with E-state index in [4.69, 9.17) is 4.43 Å². The average molecular weight is 472 g/mol. The molecule has 1 saturated carbocycles. The van der Waals surface area contributed by atoms with Gasteiger partial charge in [0.2, 0.25) is 0 Å². The van der Waals surface area contributed by atoms with Crippen molar-refractivity contribution in [3.8, 4) is 0 Å². The number of amides is 1. The van der Waals surface area contributed by atoms with Crippen LogP contribution < -0.4 is 10.4 Å². The van der Waals surface area contributed by atoms with Crippen LogP contribution in [0.2, 0.25) is 5.04 Å². The summed E-state index contributed by atoms with van der Waals surface area (Å²) in [5.74, 6) is 0. The molecule has 1 aliphatic carbocycles. The molecular weight excluding hydrogens is 433 g/mol. The van der Waals surface area contributed by atoms with Crippen molar-refractivity contribution in [2.45, 2.75) is 89.7 Å². The fraction of sp³-hybridized carbons (Fsp3) is 0.519. The van der Waals surface area contributed by atoms with E-state index in [2.05, 4.69) is 45.0 Å². The fourth-order valence-electron chi connectivity index (χ4n) is 5.33. The van der Waals surface area contributed by atoms with E-state index < -0.39 is 32.2 Å². The highest BCUT2D eigenvalue weighted by Gasteiger charge is 2.52. The third-order valence-electron chi connectivity index (χ3n) is 6.71. The van der Waals surface area contributed by atoms with Gasteiger partial charge in [-0.3, -0.25) is 4.90 Å². The zero-order valence-electron chi connectivity index (χ0n) is 20.7. The predicted octanol–water partition coefficient (Wildman–Crippen LogP) is 5.60. The number of hydrogen-bond donors (Lipinski definition) is 1. The minimum Gasteiger partial charge on any atom is -0.465 e. The van der Waals surface area contributed by atoms with Crippen LogP contribution in [0, 0.1) is 0 Å². The van der Waals surface area contributed by atoms with E-state index >= 15 is 4.39 Å². The molecule has 33 heavy (non-hydrogen) atoms. The first-order valence-corrected chi connectivity index (χ1v) is 13.7. The fourth-order valence-corrected chi connectivity index (χ4v) is 10.1. The summed E-state index contributed by atoms with van der Waals surface area (Å²) < 4.78 is 22.6. The van der Waals surface area contributed by atoms with Gasteiger partial charge in [-0.15, -0.1) is 0 Å². The molecule has 0 unspecified atom stereocenters. The summed E-state index contributed by atoms with van der Waals surface area (Å²) in [6.07, 6.45) is -1.31. The average Bonchev–Trinajstić information content (AvgIpc) is 2.73. The van der Waals surface area contributed by atoms with E-state index in [9.17, 15) is 9.90 Å². The van der Waals surface area contributed by atoms with E-state index in [1.54, 1.807) is 0 Å². The Morgan fingerprint density at radius 3 is 1.79 bits per heavy atom. The Kier molecular flexibility index (Phi) is 7.39. The molecule has 0 saturated heterocycles. The zero-order valence-corrected chi connectivity index (χ0v) is 21.7. The number of carboxylic acid groups (broad SMARTS) is 1. The van der Waals surface area contributed by atoms with Gasteiger partial charge in [0.05, 0.1) is 6.04 Å². The second-order valence-electron chi connectivity index (χ2n) is 11.1. The molecule has 180 valence electrons. The quantitative estimate of drug-likeness (QED) is 0.578. The summed E-state index contributed by atoms with van der Waals surface area (Å²) in [5.41, 5.74) is -0.660. The van der Waals surface area contributed by atoms with Crippen LogP contribution in [0.5, 0.6) is 0 Å². The van der Waals surface area contributed by atoms with Crippen molar-refractivity contribution in [2.75, 3.05) is 0 Å². The summed E-state index contributed by atoms with van der Waals surface area (Å²) in [4.78, 5) is 13.2. The Labute approximate surface area is 198 Å². The maximum Gasteiger partial charge on any atom is 0.408 e. The van der Waals surface area contributed by atoms with Crippen LogP contribution in [0.1, 0.15) is 60.8 Å². The molecule has 4 nitrogen and oxygen atoms in total. The van der Waals surface area contributed by atoms with Gasteiger partial charge < -0.3 is 9.53 Å². The smallest absolute Gasteiger partial charge is 0.408 e. The Hall–Kier alpha value is -2.18. The molecule has 0 aliphatic heterocycles. The van der Waals surface area contributed by atoms with Crippen LogP contribution in [0.4, 0.5) is 9.18 Å². The minimum atomic E-state index is -2.77. The van der Waals surface area contributed by atoms with Crippen molar-refractivity contribution in [1.29, 1.82) is 0 Å². The van der Waals surface area contributed by atoms with Gasteiger partial charge in [-0.1, -0.05) is 81.4 Å². The molecule has 0 bridgehead atoms. The molecule has 0 heterocycles. The second kappa shape index (κ2) is 9.59. The maximum absolute atomic E-state index is 15.5. The highest BCUT2D eigenvalue weighted by atomic mass is 28.4. The Bertz CT molecular complexity index is 884. The van der Waals surface area contributed by atoms with Gasteiger partial charge >= 0.3 is 6.09 Å². The van der Waals surface area contributed by atoms with Gasteiger partial charge in [0.25, 0.3) is 8.32 Å². The largest absolute Gasteiger partial charge is 0.465 e. The summed E-state index contributed by atoms with van der Waals surface area (Å²) in [5, 5.41) is 11.9. The van der Waals surface area contributed by atoms with Crippen molar-refractivity contribution in [3.05, 3.63) is 60.7 Å². The van der Waals surface area contributed by atoms with Crippen molar-refractivity contribution in [3.63, 3.8) is 0 Å². The molecule has 3 rings (SSSR count). The number of carbonyl (C=O) groups is 1. The molecule has 1 aliphatic rings. The van der Waals surface area contributed by atoms with Crippen molar-refractivity contribution < 1.29 is 18.7 Å². The lowest BCUT2D eigenvalue weighted by Gasteiger charge is -2.48. The predicted molar refractivity (Wildman–Crippen MR) is 135 cm³/mol. The lowest BCUT2D eigenvalue weighted by atomic mass is 9.88. The third kappa shape index (κ3) is 5.17. The van der Waals surface area contributed by atoms with Crippen molar-refractivity contribution >= 4 is 24.8 Å². The van der Waals surface area contributed by atoms with Gasteiger partial charge in [0, 0.05) is 18.1 Å². The Morgan fingerprint density at radius 1 is 0.939 bits per heavy atom. The van der Waals surface area contributed by atoms with E-state index in [0.29, 0.717) is 12.8 Å². The summed E-state index contributed by atoms with van der Waals surface area (Å²) >= 11 is 0. The molecular formula is C27H38FNO3Si. The van der Waals surface area contributed by atoms with Gasteiger partial charge in [-0.2, -0.15) is 0 Å². The van der Waals surface area contributed by atoms with Crippen LogP contribution in [-0.2, 0) is 4.43 Å². The molecule has 3 atom stereocenters. The lowest BCUT2D eigenvalue weighted by molar-refractivity contribution is -0.00867. The lowest BCUT2D eigenvalue weighted by Crippen LogP contribution is -2.68. The first-order valence-electron chi connectivity index (χ1n) is 11.8. The van der Waals surface area contributed by atoms with Gasteiger partial charge in [0.15, 0.2) is 0 Å². The van der Waals surface area contributed by atoms with E-state index in [0.717, 1.165) is 0 Å². The molecule has 0 aromatic heterocycles. The van der Waals surface area contributed by atoms with E-state index in [-0.39, 0.29) is 17.6 Å². The number of alkyl halides is 1. The number of nitrogens with zero attached hydrogens (tertiary/aromatic N) is 1. The van der Waals surface area contributed by atoms with Gasteiger partial charge in [0.1, 0.15) is 6.17 Å². The third-order valence-corrected chi connectivity index (χ3v) is 11.8. The zero-order chi connectivity index (χ0) is 24.4. The minimum absolute atomic E-state index is 0.184. The van der Waals surface area contributed by atoms with E-state index in [1.807, 2.05) is 57.2 Å². The topological polar surface area (TPSA) is 49.8 Å².